The summed E-state index contributed by atoms with van der Waals surface area (Å²) in [5.74, 6) is 0. The molecule has 0 fully saturated rings. The molecule has 0 aromatic rings. The Bertz CT molecular complexity index is 348. The monoisotopic (exact) mass is 430 g/mol. The highest BCUT2D eigenvalue weighted by Crippen LogP contribution is 2.13. The van der Waals surface area contributed by atoms with Crippen LogP contribution >= 0.6 is 0 Å². The van der Waals surface area contributed by atoms with E-state index in [1.807, 2.05) is 0 Å². The molecular formula is C25H50O5. The van der Waals surface area contributed by atoms with E-state index in [4.69, 9.17) is 19.3 Å². The van der Waals surface area contributed by atoms with E-state index in [1.54, 1.807) is 13.4 Å². The number of hydrogen-bond acceptors (Lipinski definition) is 5. The Hall–Kier alpha value is -0.620. The number of ether oxygens (including phenoxy) is 3. The third kappa shape index (κ3) is 22.1. The lowest BCUT2D eigenvalue weighted by molar-refractivity contribution is -0.0519. The first-order valence-corrected chi connectivity index (χ1v) is 12.4. The zero-order valence-electron chi connectivity index (χ0n) is 19.9. The molecule has 0 spiro atoms. The van der Waals surface area contributed by atoms with Crippen molar-refractivity contribution in [1.29, 1.82) is 0 Å². The predicted molar refractivity (Wildman–Crippen MR) is 125 cm³/mol. The Morgan fingerprint density at radius 3 is 1.77 bits per heavy atom. The van der Waals surface area contributed by atoms with E-state index >= 15 is 0 Å². The molecule has 0 aromatic heterocycles. The van der Waals surface area contributed by atoms with Crippen LogP contribution in [0.3, 0.4) is 0 Å². The van der Waals surface area contributed by atoms with E-state index in [0.717, 1.165) is 6.42 Å². The molecule has 5 heteroatoms. The van der Waals surface area contributed by atoms with Gasteiger partial charge in [-0.15, -0.1) is 0 Å². The Kier molecular flexibility index (Phi) is 24.1. The van der Waals surface area contributed by atoms with E-state index in [-0.39, 0.29) is 19.3 Å². The molecule has 0 heterocycles. The molecule has 5 nitrogen and oxygen atoms in total. The molecule has 0 rings (SSSR count). The van der Waals surface area contributed by atoms with E-state index in [0.29, 0.717) is 13.2 Å². The van der Waals surface area contributed by atoms with Gasteiger partial charge in [0.1, 0.15) is 18.8 Å². The van der Waals surface area contributed by atoms with Crippen molar-refractivity contribution in [2.75, 3.05) is 33.5 Å². The smallest absolute Gasteiger partial charge is 0.116 e. The topological polar surface area (TPSA) is 68.2 Å². The van der Waals surface area contributed by atoms with Gasteiger partial charge in [0.15, 0.2) is 0 Å². The van der Waals surface area contributed by atoms with Crippen molar-refractivity contribution in [3.8, 4) is 0 Å². The number of rotatable bonds is 24. The van der Waals surface area contributed by atoms with E-state index in [1.165, 1.54) is 89.9 Å². The van der Waals surface area contributed by atoms with Crippen LogP contribution in [0, 0.1) is 0 Å². The molecule has 0 saturated heterocycles. The minimum atomic E-state index is -0.839. The molecule has 2 atom stereocenters. The first kappa shape index (κ1) is 29.4. The zero-order chi connectivity index (χ0) is 22.1. The third-order valence-electron chi connectivity index (χ3n) is 5.36. The molecule has 0 bridgehead atoms. The van der Waals surface area contributed by atoms with Crippen molar-refractivity contribution in [1.82, 2.24) is 0 Å². The summed E-state index contributed by atoms with van der Waals surface area (Å²) in [5.41, 5.74) is 0. The van der Waals surface area contributed by atoms with Gasteiger partial charge in [-0.1, -0.05) is 90.4 Å². The molecule has 0 aromatic carbocycles. The number of aliphatic hydroxyl groups excluding tert-OH is 2. The number of unbranched alkanes of at least 4 members (excludes halogenated alkanes) is 14. The van der Waals surface area contributed by atoms with Crippen LogP contribution in [0.25, 0.3) is 0 Å². The third-order valence-corrected chi connectivity index (χ3v) is 5.36. The van der Waals surface area contributed by atoms with Gasteiger partial charge in [0.05, 0.1) is 26.1 Å². The largest absolute Gasteiger partial charge is 0.499 e. The van der Waals surface area contributed by atoms with E-state index in [9.17, 15) is 5.11 Å². The zero-order valence-corrected chi connectivity index (χ0v) is 19.9. The normalized spacial score (nSPS) is 13.7. The number of allylic oxidation sites excluding steroid dienone is 1. The van der Waals surface area contributed by atoms with E-state index < -0.39 is 6.10 Å². The van der Waals surface area contributed by atoms with Crippen LogP contribution in [-0.2, 0) is 14.2 Å². The summed E-state index contributed by atoms with van der Waals surface area (Å²) in [6.45, 7) is 2.84. The molecule has 0 aliphatic carbocycles. The molecular weight excluding hydrogens is 380 g/mol. The summed E-state index contributed by atoms with van der Waals surface area (Å²) in [6.07, 6.45) is 23.2. The maximum Gasteiger partial charge on any atom is 0.116 e. The van der Waals surface area contributed by atoms with Crippen molar-refractivity contribution in [3.05, 3.63) is 12.3 Å². The number of methoxy groups -OCH3 is 1. The van der Waals surface area contributed by atoms with Crippen LogP contribution in [0.1, 0.15) is 103 Å². The lowest BCUT2D eigenvalue weighted by Crippen LogP contribution is -2.27. The van der Waals surface area contributed by atoms with Crippen molar-refractivity contribution < 1.29 is 24.4 Å². The molecule has 0 aliphatic heterocycles. The van der Waals surface area contributed by atoms with E-state index in [2.05, 4.69) is 13.0 Å². The van der Waals surface area contributed by atoms with Gasteiger partial charge < -0.3 is 24.4 Å². The van der Waals surface area contributed by atoms with Gasteiger partial charge in [-0.3, -0.25) is 0 Å². The van der Waals surface area contributed by atoms with Crippen molar-refractivity contribution in [2.24, 2.45) is 0 Å². The Balaban J connectivity index is 3.31. The maximum atomic E-state index is 9.22. The summed E-state index contributed by atoms with van der Waals surface area (Å²) >= 11 is 0. The fourth-order valence-corrected chi connectivity index (χ4v) is 3.33. The lowest BCUT2D eigenvalue weighted by Gasteiger charge is -2.16. The minimum absolute atomic E-state index is 0.103. The fraction of sp³-hybridized carbons (Fsp3) is 0.920. The molecule has 30 heavy (non-hydrogen) atoms. The van der Waals surface area contributed by atoms with Crippen LogP contribution in [-0.4, -0.2) is 56.0 Å². The lowest BCUT2D eigenvalue weighted by atomic mass is 10.0. The first-order valence-electron chi connectivity index (χ1n) is 12.4. The van der Waals surface area contributed by atoms with Gasteiger partial charge in [0.2, 0.25) is 0 Å². The Labute approximate surface area is 186 Å². The summed E-state index contributed by atoms with van der Waals surface area (Å²) < 4.78 is 16.1. The van der Waals surface area contributed by atoms with Gasteiger partial charge in [0.25, 0.3) is 0 Å². The Morgan fingerprint density at radius 1 is 0.733 bits per heavy atom. The molecule has 2 N–H and O–H groups in total. The quantitative estimate of drug-likeness (QED) is 0.150. The van der Waals surface area contributed by atoms with Gasteiger partial charge >= 0.3 is 0 Å². The van der Waals surface area contributed by atoms with Crippen molar-refractivity contribution >= 4 is 0 Å². The fourth-order valence-electron chi connectivity index (χ4n) is 3.33. The maximum absolute atomic E-state index is 9.22. The second kappa shape index (κ2) is 24.6. The molecule has 2 unspecified atom stereocenters. The molecule has 180 valence electrons. The average Bonchev–Trinajstić information content (AvgIpc) is 2.76. The highest BCUT2D eigenvalue weighted by Gasteiger charge is 2.09. The second-order valence-electron chi connectivity index (χ2n) is 8.32. The van der Waals surface area contributed by atoms with Crippen LogP contribution in [0.4, 0.5) is 0 Å². The SMILES string of the molecule is CCCCCCCCCCCCCCCCC=COCC(COCC(O)CO)OC. The summed E-state index contributed by atoms with van der Waals surface area (Å²) in [6, 6.07) is 0. The van der Waals surface area contributed by atoms with Gasteiger partial charge in [0, 0.05) is 7.11 Å². The second-order valence-corrected chi connectivity index (χ2v) is 8.32. The highest BCUT2D eigenvalue weighted by atomic mass is 16.6. The molecule has 0 aliphatic rings. The standard InChI is InChI=1S/C25H50O5/c1-3-4-5-6-7-8-9-10-11-12-13-14-15-16-17-18-19-29-22-25(28-2)23-30-21-24(27)20-26/h18-19,24-27H,3-17,20-23H2,1-2H3. The van der Waals surface area contributed by atoms with Gasteiger partial charge in [-0.2, -0.15) is 0 Å². The molecule has 0 radical (unpaired) electrons. The van der Waals surface area contributed by atoms with Crippen LogP contribution < -0.4 is 0 Å². The highest BCUT2D eigenvalue weighted by molar-refractivity contribution is 4.74. The number of hydrogen-bond donors (Lipinski definition) is 2. The predicted octanol–water partition coefficient (Wildman–Crippen LogP) is 5.77. The van der Waals surface area contributed by atoms with Crippen LogP contribution in [0.2, 0.25) is 0 Å². The van der Waals surface area contributed by atoms with Gasteiger partial charge in [-0.05, 0) is 18.9 Å². The molecule has 0 amide bonds. The summed E-state index contributed by atoms with van der Waals surface area (Å²) in [4.78, 5) is 0. The van der Waals surface area contributed by atoms with Crippen LogP contribution in [0.5, 0.6) is 0 Å². The summed E-state index contributed by atoms with van der Waals surface area (Å²) in [5, 5.41) is 18.0. The van der Waals surface area contributed by atoms with Crippen LogP contribution in [0.15, 0.2) is 12.3 Å². The average molecular weight is 431 g/mol. The van der Waals surface area contributed by atoms with Gasteiger partial charge in [-0.25, -0.2) is 0 Å². The minimum Gasteiger partial charge on any atom is -0.499 e. The van der Waals surface area contributed by atoms with Crippen molar-refractivity contribution in [3.63, 3.8) is 0 Å². The number of aliphatic hydroxyl groups is 2. The Morgan fingerprint density at radius 2 is 1.27 bits per heavy atom. The van der Waals surface area contributed by atoms with Crippen molar-refractivity contribution in [2.45, 2.75) is 115 Å². The first-order chi connectivity index (χ1) is 14.7. The molecule has 0 saturated carbocycles. The summed E-state index contributed by atoms with van der Waals surface area (Å²) in [7, 11) is 1.61.